The number of rotatable bonds is 6. The lowest BCUT2D eigenvalue weighted by atomic mass is 10.0. The predicted molar refractivity (Wildman–Crippen MR) is 126 cm³/mol. The van der Waals surface area contributed by atoms with Crippen LogP contribution >= 0.6 is 11.8 Å². The molecule has 7 nitrogen and oxygen atoms in total. The van der Waals surface area contributed by atoms with Gasteiger partial charge in [-0.25, -0.2) is 13.4 Å². The molecule has 0 spiro atoms. The number of hydrogen-bond acceptors (Lipinski definition) is 7. The highest BCUT2D eigenvalue weighted by Gasteiger charge is 2.34. The first-order valence-electron chi connectivity index (χ1n) is 10.3. The zero-order valence-corrected chi connectivity index (χ0v) is 19.5. The number of nitrogens with zero attached hydrogens (tertiary/aromatic N) is 4. The van der Waals surface area contributed by atoms with Crippen LogP contribution in [0.15, 0.2) is 65.8 Å². The lowest BCUT2D eigenvalue weighted by molar-refractivity contribution is -0.130. The van der Waals surface area contributed by atoms with Crippen LogP contribution < -0.4 is 0 Å². The number of carbonyl (C=O) groups excluding carboxylic acids is 1. The molecule has 2 aromatic carbocycles. The molecule has 0 aliphatic carbocycles. The molecule has 1 fully saturated rings. The smallest absolute Gasteiger partial charge is 0.235 e. The van der Waals surface area contributed by atoms with Crippen LogP contribution in [0.4, 0.5) is 0 Å². The van der Waals surface area contributed by atoms with Crippen molar-refractivity contribution in [2.45, 2.75) is 29.8 Å². The maximum absolute atomic E-state index is 12.9. The van der Waals surface area contributed by atoms with E-state index in [-0.39, 0.29) is 23.5 Å². The number of hydrogen-bond donors (Lipinski definition) is 0. The van der Waals surface area contributed by atoms with Crippen molar-refractivity contribution in [3.05, 3.63) is 60.7 Å². The lowest BCUT2D eigenvalue weighted by Gasteiger charge is -2.26. The van der Waals surface area contributed by atoms with Crippen LogP contribution in [0.25, 0.3) is 22.5 Å². The summed E-state index contributed by atoms with van der Waals surface area (Å²) in [5, 5.41) is 8.64. The van der Waals surface area contributed by atoms with Crippen LogP contribution in [0.3, 0.4) is 0 Å². The molecular weight excluding hydrogens is 444 g/mol. The van der Waals surface area contributed by atoms with Crippen LogP contribution in [0.1, 0.15) is 13.3 Å². The summed E-state index contributed by atoms with van der Waals surface area (Å²) in [6, 6.07) is 19.2. The van der Waals surface area contributed by atoms with E-state index in [0.29, 0.717) is 23.0 Å². The van der Waals surface area contributed by atoms with Gasteiger partial charge in [-0.05, 0) is 13.3 Å². The zero-order chi connectivity index (χ0) is 22.7. The monoisotopic (exact) mass is 468 g/mol. The number of carbonyl (C=O) groups is 1. The Morgan fingerprint density at radius 3 is 2.16 bits per heavy atom. The van der Waals surface area contributed by atoms with Gasteiger partial charge in [0.2, 0.25) is 11.1 Å². The summed E-state index contributed by atoms with van der Waals surface area (Å²) in [5.74, 6) is 0.00826. The van der Waals surface area contributed by atoms with E-state index in [1.807, 2.05) is 60.7 Å². The highest BCUT2D eigenvalue weighted by atomic mass is 32.2. The Bertz CT molecular complexity index is 1200. The van der Waals surface area contributed by atoms with Crippen molar-refractivity contribution in [2.75, 3.05) is 18.6 Å². The SMILES string of the molecule is C[C@@H](Sc1nnc(-c2ccccc2)c(-c2ccccc2)n1)C(=O)N(C)[C@@H]1CCS(=O)(=O)C1. The molecule has 1 aliphatic rings. The van der Waals surface area contributed by atoms with Gasteiger partial charge < -0.3 is 4.90 Å². The van der Waals surface area contributed by atoms with E-state index in [0.717, 1.165) is 11.1 Å². The van der Waals surface area contributed by atoms with Gasteiger partial charge in [0.15, 0.2) is 9.84 Å². The van der Waals surface area contributed by atoms with E-state index in [1.54, 1.807) is 18.9 Å². The molecule has 4 rings (SSSR count). The summed E-state index contributed by atoms with van der Waals surface area (Å²) < 4.78 is 23.6. The average molecular weight is 469 g/mol. The van der Waals surface area contributed by atoms with Crippen molar-refractivity contribution >= 4 is 27.5 Å². The van der Waals surface area contributed by atoms with Gasteiger partial charge in [0.1, 0.15) is 11.4 Å². The molecule has 0 N–H and O–H groups in total. The molecule has 9 heteroatoms. The van der Waals surface area contributed by atoms with Gasteiger partial charge in [0.05, 0.1) is 16.8 Å². The van der Waals surface area contributed by atoms with E-state index in [2.05, 4.69) is 10.2 Å². The van der Waals surface area contributed by atoms with Gasteiger partial charge in [-0.2, -0.15) is 0 Å². The Hall–Kier alpha value is -2.78. The molecule has 1 aromatic heterocycles. The van der Waals surface area contributed by atoms with E-state index in [4.69, 9.17) is 4.98 Å². The summed E-state index contributed by atoms with van der Waals surface area (Å²) in [5.41, 5.74) is 3.20. The van der Waals surface area contributed by atoms with Crippen LogP contribution in [-0.4, -0.2) is 64.3 Å². The number of benzene rings is 2. The van der Waals surface area contributed by atoms with E-state index < -0.39 is 15.1 Å². The maximum atomic E-state index is 12.9. The Balaban J connectivity index is 1.58. The molecule has 0 radical (unpaired) electrons. The molecule has 2 atom stereocenters. The third-order valence-corrected chi connectivity index (χ3v) is 8.18. The van der Waals surface area contributed by atoms with Gasteiger partial charge in [-0.3, -0.25) is 4.79 Å². The molecule has 2 heterocycles. The summed E-state index contributed by atoms with van der Waals surface area (Å²) in [6.45, 7) is 1.78. The van der Waals surface area contributed by atoms with E-state index in [9.17, 15) is 13.2 Å². The quantitative estimate of drug-likeness (QED) is 0.512. The summed E-state index contributed by atoms with van der Waals surface area (Å²) in [7, 11) is -1.40. The lowest BCUT2D eigenvalue weighted by Crippen LogP contribution is -2.41. The van der Waals surface area contributed by atoms with Gasteiger partial charge in [0, 0.05) is 24.2 Å². The molecule has 0 unspecified atom stereocenters. The first-order valence-corrected chi connectivity index (χ1v) is 13.0. The van der Waals surface area contributed by atoms with Crippen LogP contribution in [0, 0.1) is 0 Å². The number of sulfone groups is 1. The van der Waals surface area contributed by atoms with E-state index in [1.165, 1.54) is 11.8 Å². The second kappa shape index (κ2) is 9.38. The Kier molecular flexibility index (Phi) is 6.57. The normalized spacial score (nSPS) is 18.2. The predicted octanol–water partition coefficient (Wildman–Crippen LogP) is 3.33. The third-order valence-electron chi connectivity index (χ3n) is 5.50. The van der Waals surface area contributed by atoms with Crippen molar-refractivity contribution in [3.63, 3.8) is 0 Å². The van der Waals surface area contributed by atoms with Crippen molar-refractivity contribution in [1.29, 1.82) is 0 Å². The van der Waals surface area contributed by atoms with Crippen LogP contribution in [0.5, 0.6) is 0 Å². The van der Waals surface area contributed by atoms with Gasteiger partial charge in [-0.15, -0.1) is 10.2 Å². The minimum Gasteiger partial charge on any atom is -0.341 e. The highest BCUT2D eigenvalue weighted by Crippen LogP contribution is 2.31. The molecule has 1 aliphatic heterocycles. The van der Waals surface area contributed by atoms with Crippen LogP contribution in [0.2, 0.25) is 0 Å². The number of amides is 1. The fraction of sp³-hybridized carbons (Fsp3) is 0.304. The third kappa shape index (κ3) is 4.99. The average Bonchev–Trinajstić information content (AvgIpc) is 3.18. The van der Waals surface area contributed by atoms with Gasteiger partial charge in [-0.1, -0.05) is 72.4 Å². The van der Waals surface area contributed by atoms with Crippen LogP contribution in [-0.2, 0) is 14.6 Å². The molecule has 32 heavy (non-hydrogen) atoms. The van der Waals surface area contributed by atoms with E-state index >= 15 is 0 Å². The molecule has 0 saturated carbocycles. The highest BCUT2D eigenvalue weighted by molar-refractivity contribution is 8.00. The molecular formula is C23H24N4O3S2. The summed E-state index contributed by atoms with van der Waals surface area (Å²) in [4.78, 5) is 19.2. The first-order chi connectivity index (χ1) is 15.3. The van der Waals surface area contributed by atoms with Gasteiger partial charge >= 0.3 is 0 Å². The fourth-order valence-electron chi connectivity index (χ4n) is 3.70. The maximum Gasteiger partial charge on any atom is 0.235 e. The van der Waals surface area contributed by atoms with Crippen molar-refractivity contribution < 1.29 is 13.2 Å². The fourth-order valence-corrected chi connectivity index (χ4v) is 6.29. The van der Waals surface area contributed by atoms with Crippen molar-refractivity contribution in [1.82, 2.24) is 20.1 Å². The molecule has 1 saturated heterocycles. The molecule has 3 aromatic rings. The summed E-state index contributed by atoms with van der Waals surface area (Å²) in [6.07, 6.45) is 0.476. The largest absolute Gasteiger partial charge is 0.341 e. The molecule has 1 amide bonds. The second-order valence-corrected chi connectivity index (χ2v) is 11.3. The standard InChI is InChI=1S/C23H24N4O3S2/c1-16(22(28)27(2)19-13-14-32(29,30)15-19)31-23-24-20(17-9-5-3-6-10-17)21(25-26-23)18-11-7-4-8-12-18/h3-12,16,19H,13-15H2,1-2H3/t16-,19-/m1/s1. The van der Waals surface area contributed by atoms with Gasteiger partial charge in [0.25, 0.3) is 0 Å². The first kappa shape index (κ1) is 22.4. The number of thioether (sulfide) groups is 1. The Morgan fingerprint density at radius 2 is 1.59 bits per heavy atom. The second-order valence-electron chi connectivity index (χ2n) is 7.79. The summed E-state index contributed by atoms with van der Waals surface area (Å²) >= 11 is 1.23. The molecule has 166 valence electrons. The topological polar surface area (TPSA) is 93.1 Å². The number of aromatic nitrogens is 3. The Morgan fingerprint density at radius 1 is 1.00 bits per heavy atom. The zero-order valence-electron chi connectivity index (χ0n) is 17.9. The minimum absolute atomic E-state index is 0.0224. The Labute approximate surface area is 192 Å². The van der Waals surface area contributed by atoms with Crippen molar-refractivity contribution in [2.24, 2.45) is 0 Å². The molecule has 0 bridgehead atoms. The minimum atomic E-state index is -3.06. The van der Waals surface area contributed by atoms with Crippen molar-refractivity contribution in [3.8, 4) is 22.5 Å².